The second kappa shape index (κ2) is 6.46. The molecule has 2 aromatic carbocycles. The van der Waals surface area contributed by atoms with E-state index < -0.39 is 10.8 Å². The van der Waals surface area contributed by atoms with Gasteiger partial charge in [0, 0.05) is 38.9 Å². The molecular formula is C18H14ClN3O2S. The fourth-order valence-corrected chi connectivity index (χ4v) is 3.67. The highest BCUT2D eigenvalue weighted by atomic mass is 35.5. The molecule has 126 valence electrons. The van der Waals surface area contributed by atoms with Crippen LogP contribution in [0.15, 0.2) is 53.2 Å². The molecule has 1 N–H and O–H groups in total. The van der Waals surface area contributed by atoms with Crippen molar-refractivity contribution in [3.8, 4) is 0 Å². The number of furan rings is 1. The number of rotatable bonds is 4. The van der Waals surface area contributed by atoms with E-state index in [-0.39, 0.29) is 0 Å². The number of hydrogen-bond donors (Lipinski definition) is 1. The summed E-state index contributed by atoms with van der Waals surface area (Å²) in [4.78, 5) is 8.64. The monoisotopic (exact) mass is 371 g/mol. The molecule has 0 amide bonds. The Morgan fingerprint density at radius 1 is 1.20 bits per heavy atom. The van der Waals surface area contributed by atoms with E-state index in [0.717, 1.165) is 27.7 Å². The molecular weight excluding hydrogens is 358 g/mol. The lowest BCUT2D eigenvalue weighted by Crippen LogP contribution is -1.98. The summed E-state index contributed by atoms with van der Waals surface area (Å²) in [5.41, 5.74) is 3.74. The fourth-order valence-electron chi connectivity index (χ4n) is 2.73. The van der Waals surface area contributed by atoms with E-state index in [0.29, 0.717) is 22.2 Å². The van der Waals surface area contributed by atoms with Crippen molar-refractivity contribution in [2.24, 2.45) is 0 Å². The van der Waals surface area contributed by atoms with Gasteiger partial charge in [-0.3, -0.25) is 4.21 Å². The van der Waals surface area contributed by atoms with E-state index in [1.54, 1.807) is 12.3 Å². The van der Waals surface area contributed by atoms with E-state index in [9.17, 15) is 4.21 Å². The van der Waals surface area contributed by atoms with Crippen LogP contribution in [0.3, 0.4) is 0 Å². The quantitative estimate of drug-likeness (QED) is 0.565. The van der Waals surface area contributed by atoms with Crippen LogP contribution in [-0.2, 0) is 16.6 Å². The van der Waals surface area contributed by atoms with Crippen LogP contribution in [0, 0.1) is 0 Å². The number of hydrogen-bond acceptors (Lipinski definition) is 5. The van der Waals surface area contributed by atoms with Crippen LogP contribution in [0.25, 0.3) is 22.1 Å². The Balaban J connectivity index is 1.77. The van der Waals surface area contributed by atoms with Crippen LogP contribution in [0.1, 0.15) is 5.56 Å². The Morgan fingerprint density at radius 2 is 2.04 bits per heavy atom. The number of anilines is 2. The van der Waals surface area contributed by atoms with Gasteiger partial charge in [0.15, 0.2) is 11.4 Å². The topological polar surface area (TPSA) is 68.0 Å². The second-order valence-electron chi connectivity index (χ2n) is 5.65. The Hall–Kier alpha value is -2.44. The van der Waals surface area contributed by atoms with Crippen LogP contribution in [-0.4, -0.2) is 20.4 Å². The van der Waals surface area contributed by atoms with Crippen molar-refractivity contribution in [1.82, 2.24) is 9.97 Å². The molecule has 0 aliphatic heterocycles. The van der Waals surface area contributed by atoms with Crippen LogP contribution in [0.5, 0.6) is 0 Å². The highest BCUT2D eigenvalue weighted by molar-refractivity contribution is 7.83. The van der Waals surface area contributed by atoms with Crippen LogP contribution in [0.2, 0.25) is 5.02 Å². The van der Waals surface area contributed by atoms with Crippen molar-refractivity contribution >= 4 is 56.0 Å². The molecule has 2 heterocycles. The molecule has 4 aromatic rings. The third-order valence-electron chi connectivity index (χ3n) is 3.83. The highest BCUT2D eigenvalue weighted by Crippen LogP contribution is 2.32. The molecule has 25 heavy (non-hydrogen) atoms. The number of aromatic nitrogens is 2. The van der Waals surface area contributed by atoms with Crippen molar-refractivity contribution in [3.63, 3.8) is 0 Å². The maximum absolute atomic E-state index is 11.5. The minimum Gasteiger partial charge on any atom is -0.450 e. The Kier molecular flexibility index (Phi) is 4.15. The molecule has 0 fully saturated rings. The van der Waals surface area contributed by atoms with E-state index in [1.807, 2.05) is 36.4 Å². The smallest absolute Gasteiger partial charge is 0.196 e. The van der Waals surface area contributed by atoms with Crippen LogP contribution < -0.4 is 5.32 Å². The fraction of sp³-hybridized carbons (Fsp3) is 0.111. The van der Waals surface area contributed by atoms with Gasteiger partial charge in [-0.05, 0) is 35.9 Å². The maximum Gasteiger partial charge on any atom is 0.196 e. The number of para-hydroxylation sites is 1. The zero-order valence-electron chi connectivity index (χ0n) is 13.3. The highest BCUT2D eigenvalue weighted by Gasteiger charge is 2.13. The molecule has 7 heteroatoms. The molecule has 4 rings (SSSR count). The van der Waals surface area contributed by atoms with Gasteiger partial charge in [0.1, 0.15) is 17.4 Å². The third kappa shape index (κ3) is 3.10. The molecule has 2 aromatic heterocycles. The summed E-state index contributed by atoms with van der Waals surface area (Å²) in [6.45, 7) is 0. The molecule has 0 saturated carbocycles. The summed E-state index contributed by atoms with van der Waals surface area (Å²) >= 11 is 6.19. The molecule has 0 saturated heterocycles. The molecule has 0 aliphatic carbocycles. The minimum atomic E-state index is -0.971. The third-order valence-corrected chi connectivity index (χ3v) is 4.91. The van der Waals surface area contributed by atoms with Gasteiger partial charge in [0.25, 0.3) is 0 Å². The lowest BCUT2D eigenvalue weighted by Gasteiger charge is -2.09. The minimum absolute atomic E-state index is 0.401. The summed E-state index contributed by atoms with van der Waals surface area (Å²) < 4.78 is 17.4. The average Bonchev–Trinajstić information content (AvgIpc) is 2.97. The molecule has 0 spiro atoms. The van der Waals surface area contributed by atoms with Gasteiger partial charge in [0.2, 0.25) is 0 Å². The van der Waals surface area contributed by atoms with Gasteiger partial charge in [0.05, 0.1) is 0 Å². The van der Waals surface area contributed by atoms with Gasteiger partial charge in [-0.15, -0.1) is 0 Å². The second-order valence-corrected chi connectivity index (χ2v) is 7.49. The predicted molar refractivity (Wildman–Crippen MR) is 102 cm³/mol. The summed E-state index contributed by atoms with van der Waals surface area (Å²) in [5, 5.41) is 4.79. The summed E-state index contributed by atoms with van der Waals surface area (Å²) in [5.74, 6) is 0.977. The average molecular weight is 372 g/mol. The SMILES string of the molecule is CS(=O)Cc1cc(Nc2ncnc3c2oc2ccccc23)ccc1Cl. The van der Waals surface area contributed by atoms with E-state index in [4.69, 9.17) is 16.0 Å². The summed E-state index contributed by atoms with van der Waals surface area (Å²) in [7, 11) is -0.971. The first-order chi connectivity index (χ1) is 12.1. The lowest BCUT2D eigenvalue weighted by atomic mass is 10.2. The number of nitrogens with one attached hydrogen (secondary N) is 1. The number of benzene rings is 2. The number of fused-ring (bicyclic) bond motifs is 3. The standard InChI is InChI=1S/C18H14ClN3O2S/c1-25(23)9-11-8-12(6-7-14(11)19)22-18-17-16(20-10-21-18)13-4-2-3-5-15(13)24-17/h2-8,10H,9H2,1H3,(H,20,21,22). The first-order valence-electron chi connectivity index (χ1n) is 7.59. The van der Waals surface area contributed by atoms with Crippen molar-refractivity contribution in [2.45, 2.75) is 5.75 Å². The van der Waals surface area contributed by atoms with E-state index >= 15 is 0 Å². The molecule has 1 atom stereocenters. The van der Waals surface area contributed by atoms with Gasteiger partial charge >= 0.3 is 0 Å². The largest absolute Gasteiger partial charge is 0.450 e. The van der Waals surface area contributed by atoms with Gasteiger partial charge in [-0.1, -0.05) is 23.7 Å². The van der Waals surface area contributed by atoms with Crippen molar-refractivity contribution in [1.29, 1.82) is 0 Å². The molecule has 0 aliphatic rings. The van der Waals surface area contributed by atoms with Crippen LogP contribution in [0.4, 0.5) is 11.5 Å². The molecule has 1 unspecified atom stereocenters. The Bertz CT molecular complexity index is 1110. The number of nitrogens with zero attached hydrogens (tertiary/aromatic N) is 2. The van der Waals surface area contributed by atoms with E-state index in [2.05, 4.69) is 15.3 Å². The normalized spacial score (nSPS) is 12.6. The number of halogens is 1. The zero-order chi connectivity index (χ0) is 17.4. The van der Waals surface area contributed by atoms with Crippen molar-refractivity contribution in [3.05, 3.63) is 59.4 Å². The Morgan fingerprint density at radius 3 is 2.88 bits per heavy atom. The van der Waals surface area contributed by atoms with Gasteiger partial charge in [-0.25, -0.2) is 9.97 Å². The molecule has 5 nitrogen and oxygen atoms in total. The van der Waals surface area contributed by atoms with E-state index in [1.165, 1.54) is 6.33 Å². The lowest BCUT2D eigenvalue weighted by molar-refractivity contribution is 0.667. The van der Waals surface area contributed by atoms with Crippen molar-refractivity contribution in [2.75, 3.05) is 11.6 Å². The Labute approximate surface area is 151 Å². The van der Waals surface area contributed by atoms with Crippen molar-refractivity contribution < 1.29 is 8.63 Å². The van der Waals surface area contributed by atoms with Gasteiger partial charge < -0.3 is 9.73 Å². The molecule has 0 radical (unpaired) electrons. The first-order valence-corrected chi connectivity index (χ1v) is 9.70. The zero-order valence-corrected chi connectivity index (χ0v) is 14.9. The van der Waals surface area contributed by atoms with Gasteiger partial charge in [-0.2, -0.15) is 0 Å². The predicted octanol–water partition coefficient (Wildman–Crippen LogP) is 4.65. The summed E-state index contributed by atoms with van der Waals surface area (Å²) in [6, 6.07) is 13.2. The maximum atomic E-state index is 11.5. The molecule has 0 bridgehead atoms. The summed E-state index contributed by atoms with van der Waals surface area (Å²) in [6.07, 6.45) is 3.16. The van der Waals surface area contributed by atoms with Crippen LogP contribution >= 0.6 is 11.6 Å². The first kappa shape index (κ1) is 16.1.